The number of pyridine rings is 1. The van der Waals surface area contributed by atoms with E-state index in [0.717, 1.165) is 60.2 Å². The van der Waals surface area contributed by atoms with Gasteiger partial charge in [-0.25, -0.2) is 4.39 Å². The number of nitrogens with zero attached hydrogens (tertiary/aromatic N) is 3. The Morgan fingerprint density at radius 1 is 1.00 bits per heavy atom. The van der Waals surface area contributed by atoms with Gasteiger partial charge in [-0.1, -0.05) is 53.5 Å². The van der Waals surface area contributed by atoms with Crippen molar-refractivity contribution in [3.05, 3.63) is 105 Å². The van der Waals surface area contributed by atoms with Crippen LogP contribution < -0.4 is 19.9 Å². The van der Waals surface area contributed by atoms with Crippen LogP contribution in [0.25, 0.3) is 11.1 Å². The number of likely N-dealkylation sites (tertiary alicyclic amines) is 1. The highest BCUT2D eigenvalue weighted by molar-refractivity contribution is 6.35. The van der Waals surface area contributed by atoms with Gasteiger partial charge in [-0.05, 0) is 60.6 Å². The summed E-state index contributed by atoms with van der Waals surface area (Å²) in [4.78, 5) is 6.24. The largest absolute Gasteiger partial charge is 0.492 e. The van der Waals surface area contributed by atoms with Crippen molar-refractivity contribution >= 4 is 23.2 Å². The molecule has 46 heavy (non-hydrogen) atoms. The zero-order valence-electron chi connectivity index (χ0n) is 25.4. The first-order valence-corrected chi connectivity index (χ1v) is 16.2. The van der Waals surface area contributed by atoms with Crippen molar-refractivity contribution in [2.24, 2.45) is 5.73 Å². The van der Waals surface area contributed by atoms with E-state index >= 15 is 0 Å². The summed E-state index contributed by atoms with van der Waals surface area (Å²) in [6.07, 6.45) is 5.25. The highest BCUT2D eigenvalue weighted by atomic mass is 35.5. The topological polar surface area (TPSA) is 93.6 Å². The molecule has 1 aliphatic carbocycles. The van der Waals surface area contributed by atoms with Crippen molar-refractivity contribution in [1.29, 1.82) is 5.26 Å². The van der Waals surface area contributed by atoms with Gasteiger partial charge in [0.25, 0.3) is 0 Å². The summed E-state index contributed by atoms with van der Waals surface area (Å²) < 4.78 is 32.2. The molecule has 0 bridgehead atoms. The van der Waals surface area contributed by atoms with Crippen LogP contribution >= 0.6 is 23.2 Å². The number of hydrogen-bond acceptors (Lipinski definition) is 7. The Balaban J connectivity index is 1.16. The van der Waals surface area contributed by atoms with Gasteiger partial charge >= 0.3 is 0 Å². The normalized spacial score (nSPS) is 17.5. The average Bonchev–Trinajstić information content (AvgIpc) is 3.69. The molecular weight excluding hydrogens is 626 g/mol. The molecule has 7 nitrogen and oxygen atoms in total. The summed E-state index contributed by atoms with van der Waals surface area (Å²) in [6, 6.07) is 19.4. The maximum Gasteiger partial charge on any atom is 0.142 e. The third-order valence-corrected chi connectivity index (χ3v) is 9.17. The minimum absolute atomic E-state index is 0.215. The Kier molecular flexibility index (Phi) is 10.3. The highest BCUT2D eigenvalue weighted by Gasteiger charge is 2.28. The van der Waals surface area contributed by atoms with Gasteiger partial charge in [0.1, 0.15) is 42.2 Å². The van der Waals surface area contributed by atoms with Crippen molar-refractivity contribution in [2.75, 3.05) is 26.2 Å². The zero-order valence-corrected chi connectivity index (χ0v) is 26.9. The highest BCUT2D eigenvalue weighted by Crippen LogP contribution is 2.45. The molecule has 0 saturated carbocycles. The Morgan fingerprint density at radius 2 is 1.85 bits per heavy atom. The van der Waals surface area contributed by atoms with Crippen LogP contribution in [0.3, 0.4) is 0 Å². The molecule has 0 unspecified atom stereocenters. The number of rotatable bonds is 12. The van der Waals surface area contributed by atoms with Crippen LogP contribution in [0.4, 0.5) is 4.39 Å². The third-order valence-electron chi connectivity index (χ3n) is 8.48. The molecular formula is C36H35Cl2FN4O3. The summed E-state index contributed by atoms with van der Waals surface area (Å²) >= 11 is 13.6. The summed E-state index contributed by atoms with van der Waals surface area (Å²) in [5.74, 6) is 1.71. The van der Waals surface area contributed by atoms with Gasteiger partial charge in [-0.15, -0.1) is 0 Å². The Bertz CT molecular complexity index is 1750. The van der Waals surface area contributed by atoms with Gasteiger partial charge in [-0.3, -0.25) is 4.98 Å². The zero-order chi connectivity index (χ0) is 32.0. The fraction of sp³-hybridized carbons (Fsp3) is 0.333. The SMILES string of the molecule is N#Cc1cncc(COc2cc(O[C@H]3CCc4c(-c5cccc(OCCCN6CC[C@H](F)C6)c5Cl)cccc43)c(Cl)cc2CN)c1. The summed E-state index contributed by atoms with van der Waals surface area (Å²) in [5, 5.41) is 10.2. The molecule has 4 aromatic rings. The molecule has 1 aliphatic heterocycles. The fourth-order valence-electron chi connectivity index (χ4n) is 6.18. The molecule has 0 spiro atoms. The Hall–Kier alpha value is -3.87. The molecule has 1 fully saturated rings. The molecule has 0 radical (unpaired) electrons. The quantitative estimate of drug-likeness (QED) is 0.155. The number of fused-ring (bicyclic) bond motifs is 1. The second kappa shape index (κ2) is 14.7. The van der Waals surface area contributed by atoms with Crippen molar-refractivity contribution in [3.63, 3.8) is 0 Å². The lowest BCUT2D eigenvalue weighted by molar-refractivity contribution is 0.206. The van der Waals surface area contributed by atoms with Crippen LogP contribution in [-0.2, 0) is 19.6 Å². The van der Waals surface area contributed by atoms with Crippen LogP contribution in [0.5, 0.6) is 17.2 Å². The van der Waals surface area contributed by atoms with Crippen LogP contribution in [0.15, 0.2) is 67.0 Å². The van der Waals surface area contributed by atoms with Gasteiger partial charge in [0.2, 0.25) is 0 Å². The van der Waals surface area contributed by atoms with E-state index in [9.17, 15) is 9.65 Å². The molecule has 2 N–H and O–H groups in total. The smallest absolute Gasteiger partial charge is 0.142 e. The molecule has 6 rings (SSSR count). The second-order valence-corrected chi connectivity index (χ2v) is 12.4. The molecule has 1 aromatic heterocycles. The first-order chi connectivity index (χ1) is 22.4. The van der Waals surface area contributed by atoms with Crippen LogP contribution in [0.2, 0.25) is 10.0 Å². The number of benzene rings is 3. The van der Waals surface area contributed by atoms with E-state index in [1.165, 1.54) is 11.8 Å². The molecule has 10 heteroatoms. The molecule has 2 heterocycles. The number of hydrogen-bond donors (Lipinski definition) is 1. The lowest BCUT2D eigenvalue weighted by Gasteiger charge is -2.19. The predicted octanol–water partition coefficient (Wildman–Crippen LogP) is 7.84. The molecule has 238 valence electrons. The van der Waals surface area contributed by atoms with Gasteiger partial charge in [0.05, 0.1) is 22.2 Å². The van der Waals surface area contributed by atoms with E-state index in [-0.39, 0.29) is 19.3 Å². The minimum atomic E-state index is -0.715. The predicted molar refractivity (Wildman–Crippen MR) is 177 cm³/mol. The van der Waals surface area contributed by atoms with E-state index in [2.05, 4.69) is 28.1 Å². The second-order valence-electron chi connectivity index (χ2n) is 11.6. The molecule has 1 saturated heterocycles. The van der Waals surface area contributed by atoms with E-state index in [1.54, 1.807) is 24.4 Å². The van der Waals surface area contributed by atoms with Crippen LogP contribution in [-0.4, -0.2) is 42.3 Å². The summed E-state index contributed by atoms with van der Waals surface area (Å²) in [7, 11) is 0. The molecule has 0 amide bonds. The number of nitrogens with two attached hydrogens (primary N) is 1. The number of aromatic nitrogens is 1. The average molecular weight is 662 g/mol. The first-order valence-electron chi connectivity index (χ1n) is 15.5. The number of nitriles is 1. The minimum Gasteiger partial charge on any atom is -0.492 e. The van der Waals surface area contributed by atoms with Crippen molar-refractivity contribution in [2.45, 2.75) is 51.1 Å². The Morgan fingerprint density at radius 3 is 2.65 bits per heavy atom. The monoisotopic (exact) mass is 660 g/mol. The Labute approximate surface area is 278 Å². The van der Waals surface area contributed by atoms with E-state index in [4.69, 9.17) is 43.1 Å². The van der Waals surface area contributed by atoms with E-state index < -0.39 is 6.17 Å². The number of halogens is 3. The van der Waals surface area contributed by atoms with Crippen LogP contribution in [0, 0.1) is 11.3 Å². The van der Waals surface area contributed by atoms with Crippen LogP contribution in [0.1, 0.15) is 53.2 Å². The first kappa shape index (κ1) is 32.1. The van der Waals surface area contributed by atoms with Gasteiger partial charge < -0.3 is 24.8 Å². The molecule has 3 aromatic carbocycles. The van der Waals surface area contributed by atoms with Gasteiger partial charge in [0.15, 0.2) is 0 Å². The number of ether oxygens (including phenoxy) is 3. The molecule has 2 aliphatic rings. The lowest BCUT2D eigenvalue weighted by Crippen LogP contribution is -2.23. The maximum absolute atomic E-state index is 13.5. The van der Waals surface area contributed by atoms with Crippen molar-refractivity contribution in [3.8, 4) is 34.4 Å². The third kappa shape index (κ3) is 7.24. The summed E-state index contributed by atoms with van der Waals surface area (Å²) in [5.41, 5.74) is 12.2. The standard InChI is InChI=1S/C36H35Cl2FN4O3/c37-31-15-25(18-41)34(45-22-24-14-23(17-40)19-42-20-24)16-35(31)46-32-9-8-28-27(4-1-5-29(28)32)30-6-2-7-33(36(30)38)44-13-3-11-43-12-10-26(39)21-43/h1-2,4-7,14-16,19-20,26,32H,3,8-13,18,21-22,41H2/t26-,32-/m0/s1. The van der Waals surface area contributed by atoms with Crippen molar-refractivity contribution in [1.82, 2.24) is 9.88 Å². The lowest BCUT2D eigenvalue weighted by atomic mass is 9.96. The fourth-order valence-corrected chi connectivity index (χ4v) is 6.70. The molecule has 2 atom stereocenters. The maximum atomic E-state index is 13.5. The number of alkyl halides is 1. The van der Waals surface area contributed by atoms with Gasteiger partial charge in [-0.2, -0.15) is 5.26 Å². The van der Waals surface area contributed by atoms with E-state index in [1.807, 2.05) is 24.3 Å². The van der Waals surface area contributed by atoms with E-state index in [0.29, 0.717) is 52.4 Å². The van der Waals surface area contributed by atoms with Crippen molar-refractivity contribution < 1.29 is 18.6 Å². The summed E-state index contributed by atoms with van der Waals surface area (Å²) in [6.45, 7) is 3.09. The van der Waals surface area contributed by atoms with Gasteiger partial charge in [0, 0.05) is 61.3 Å².